The van der Waals surface area contributed by atoms with Gasteiger partial charge in [-0.1, -0.05) is 12.1 Å². The summed E-state index contributed by atoms with van der Waals surface area (Å²) in [6.07, 6.45) is 5.99. The van der Waals surface area contributed by atoms with E-state index in [0.717, 1.165) is 23.9 Å². The van der Waals surface area contributed by atoms with Gasteiger partial charge in [0.15, 0.2) is 0 Å². The number of hydrogen-bond acceptors (Lipinski definition) is 4. The fraction of sp³-hybridized carbons (Fsp3) is 0.217. The van der Waals surface area contributed by atoms with E-state index in [-0.39, 0.29) is 0 Å². The molecule has 0 spiro atoms. The molecule has 2 heterocycles. The quantitative estimate of drug-likeness (QED) is 0.498. The third kappa shape index (κ3) is 3.31. The Hall–Kier alpha value is -3.34. The maximum Gasteiger partial charge on any atom is 0.321 e. The van der Waals surface area contributed by atoms with Gasteiger partial charge in [0, 0.05) is 48.8 Å². The molecule has 4 aromatic rings. The van der Waals surface area contributed by atoms with E-state index < -0.39 is 0 Å². The number of nitrogens with zero attached hydrogens (tertiary/aromatic N) is 3. The van der Waals surface area contributed by atoms with E-state index >= 15 is 0 Å². The molecule has 0 aliphatic heterocycles. The summed E-state index contributed by atoms with van der Waals surface area (Å²) < 4.78 is 8.29. The molecule has 0 amide bonds. The predicted octanol–water partition coefficient (Wildman–Crippen LogP) is 5.34. The number of fused-ring (bicyclic) bond motifs is 1. The first kappa shape index (κ1) is 16.8. The molecule has 0 atom stereocenters. The lowest BCUT2D eigenvalue weighted by molar-refractivity contribution is 0.442. The van der Waals surface area contributed by atoms with Crippen LogP contribution >= 0.6 is 0 Å². The number of benzene rings is 2. The van der Waals surface area contributed by atoms with Gasteiger partial charge in [-0.3, -0.25) is 0 Å². The highest BCUT2D eigenvalue weighted by Crippen LogP contribution is 2.37. The minimum atomic E-state index is 0.366. The van der Waals surface area contributed by atoms with E-state index in [1.54, 1.807) is 18.5 Å². The summed E-state index contributed by atoms with van der Waals surface area (Å²) >= 11 is 0. The van der Waals surface area contributed by atoms with Gasteiger partial charge < -0.3 is 14.6 Å². The Morgan fingerprint density at radius 2 is 1.82 bits per heavy atom. The van der Waals surface area contributed by atoms with Gasteiger partial charge >= 0.3 is 6.01 Å². The van der Waals surface area contributed by atoms with Gasteiger partial charge in [-0.2, -0.15) is 0 Å². The van der Waals surface area contributed by atoms with E-state index in [9.17, 15) is 0 Å². The maximum absolute atomic E-state index is 5.86. The largest absolute Gasteiger partial charge is 0.424 e. The summed E-state index contributed by atoms with van der Waals surface area (Å²) in [6, 6.07) is 19.2. The van der Waals surface area contributed by atoms with Gasteiger partial charge in [-0.05, 0) is 60.7 Å². The molecule has 5 nitrogen and oxygen atoms in total. The summed E-state index contributed by atoms with van der Waals surface area (Å²) in [5.74, 6) is 1.53. The molecule has 1 N–H and O–H groups in total. The van der Waals surface area contributed by atoms with Crippen molar-refractivity contribution in [3.63, 3.8) is 0 Å². The third-order valence-corrected chi connectivity index (χ3v) is 5.23. The Kier molecular flexibility index (Phi) is 4.20. The molecule has 1 aliphatic rings. The fourth-order valence-corrected chi connectivity index (χ4v) is 3.54. The van der Waals surface area contributed by atoms with Crippen molar-refractivity contribution >= 4 is 16.6 Å². The van der Waals surface area contributed by atoms with Crippen molar-refractivity contribution in [3.05, 3.63) is 67.0 Å². The Labute approximate surface area is 164 Å². The van der Waals surface area contributed by atoms with Crippen LogP contribution in [0.3, 0.4) is 0 Å². The van der Waals surface area contributed by atoms with Crippen LogP contribution in [0.1, 0.15) is 12.8 Å². The van der Waals surface area contributed by atoms with Crippen molar-refractivity contribution in [2.45, 2.75) is 19.4 Å². The second-order valence-corrected chi connectivity index (χ2v) is 7.26. The first-order valence-electron chi connectivity index (χ1n) is 9.66. The van der Waals surface area contributed by atoms with Crippen LogP contribution in [0, 0.1) is 5.92 Å². The van der Waals surface area contributed by atoms with Crippen LogP contribution in [-0.2, 0) is 6.54 Å². The molecule has 1 saturated carbocycles. The number of hydrogen-bond donors (Lipinski definition) is 1. The number of nitrogens with one attached hydrogen (secondary N) is 1. The predicted molar refractivity (Wildman–Crippen MR) is 112 cm³/mol. The Morgan fingerprint density at radius 1 is 1.04 bits per heavy atom. The fourth-order valence-electron chi connectivity index (χ4n) is 3.54. The summed E-state index contributed by atoms with van der Waals surface area (Å²) in [5.41, 5.74) is 4.78. The van der Waals surface area contributed by atoms with E-state index in [1.165, 1.54) is 35.0 Å². The molecule has 1 aliphatic carbocycles. The first-order chi connectivity index (χ1) is 13.8. The average Bonchev–Trinajstić information content (AvgIpc) is 3.50. The van der Waals surface area contributed by atoms with Crippen molar-refractivity contribution < 1.29 is 4.74 Å². The van der Waals surface area contributed by atoms with E-state index in [1.807, 2.05) is 13.1 Å². The highest BCUT2D eigenvalue weighted by molar-refractivity contribution is 5.88. The first-order valence-corrected chi connectivity index (χ1v) is 9.66. The van der Waals surface area contributed by atoms with Crippen molar-refractivity contribution in [2.75, 3.05) is 12.4 Å². The average molecular weight is 370 g/mol. The Bertz CT molecular complexity index is 1100. The van der Waals surface area contributed by atoms with Crippen molar-refractivity contribution in [2.24, 2.45) is 5.92 Å². The van der Waals surface area contributed by atoms with Gasteiger partial charge in [-0.15, -0.1) is 0 Å². The minimum Gasteiger partial charge on any atom is -0.424 e. The number of rotatable bonds is 6. The topological polar surface area (TPSA) is 52.0 Å². The molecule has 28 heavy (non-hydrogen) atoms. The molecule has 0 radical (unpaired) electrons. The molecule has 5 heteroatoms. The number of anilines is 1. The molecule has 0 bridgehead atoms. The summed E-state index contributed by atoms with van der Waals surface area (Å²) in [5, 5.41) is 4.40. The zero-order chi connectivity index (χ0) is 18.9. The SMILES string of the molecule is CNc1ccc(-c2cc3ccc(Oc4ncccn4)cc3n2CC2CC2)cc1. The van der Waals surface area contributed by atoms with Crippen LogP contribution in [0.15, 0.2) is 67.0 Å². The van der Waals surface area contributed by atoms with Gasteiger partial charge in [0.1, 0.15) is 5.75 Å². The van der Waals surface area contributed by atoms with Crippen LogP contribution in [0.2, 0.25) is 0 Å². The standard InChI is InChI=1S/C23H22N4O/c1-24-19-8-5-17(6-9-19)21-13-18-7-10-20(28-23-25-11-2-12-26-23)14-22(18)27(21)15-16-3-4-16/h2,5-14,16,24H,3-4,15H2,1H3. The zero-order valence-electron chi connectivity index (χ0n) is 15.8. The van der Waals surface area contributed by atoms with E-state index in [4.69, 9.17) is 4.74 Å². The summed E-state index contributed by atoms with van der Waals surface area (Å²) in [4.78, 5) is 8.32. The smallest absolute Gasteiger partial charge is 0.321 e. The summed E-state index contributed by atoms with van der Waals surface area (Å²) in [7, 11) is 1.94. The van der Waals surface area contributed by atoms with Crippen molar-refractivity contribution in [1.82, 2.24) is 14.5 Å². The highest BCUT2D eigenvalue weighted by atomic mass is 16.5. The van der Waals surface area contributed by atoms with Gasteiger partial charge in [0.05, 0.1) is 5.52 Å². The second-order valence-electron chi connectivity index (χ2n) is 7.26. The Morgan fingerprint density at radius 3 is 2.54 bits per heavy atom. The second kappa shape index (κ2) is 7.00. The molecular formula is C23H22N4O. The number of ether oxygens (including phenoxy) is 1. The molecule has 0 unspecified atom stereocenters. The normalized spacial score (nSPS) is 13.6. The molecule has 2 aromatic carbocycles. The number of aromatic nitrogens is 3. The van der Waals surface area contributed by atoms with Crippen LogP contribution in [0.5, 0.6) is 11.8 Å². The van der Waals surface area contributed by atoms with Crippen LogP contribution in [-0.4, -0.2) is 21.6 Å². The summed E-state index contributed by atoms with van der Waals surface area (Å²) in [6.45, 7) is 1.04. The lowest BCUT2D eigenvalue weighted by Gasteiger charge is -2.12. The van der Waals surface area contributed by atoms with Crippen LogP contribution < -0.4 is 10.1 Å². The van der Waals surface area contributed by atoms with Crippen molar-refractivity contribution in [3.8, 4) is 23.0 Å². The maximum atomic E-state index is 5.86. The zero-order valence-corrected chi connectivity index (χ0v) is 15.8. The molecule has 5 rings (SSSR count). The molecular weight excluding hydrogens is 348 g/mol. The van der Waals surface area contributed by atoms with E-state index in [0.29, 0.717) is 6.01 Å². The van der Waals surface area contributed by atoms with Gasteiger partial charge in [0.2, 0.25) is 0 Å². The monoisotopic (exact) mass is 370 g/mol. The Balaban J connectivity index is 1.57. The lowest BCUT2D eigenvalue weighted by atomic mass is 10.1. The van der Waals surface area contributed by atoms with Crippen molar-refractivity contribution in [1.29, 1.82) is 0 Å². The van der Waals surface area contributed by atoms with Crippen LogP contribution in [0.25, 0.3) is 22.2 Å². The lowest BCUT2D eigenvalue weighted by Crippen LogP contribution is -2.02. The molecule has 140 valence electrons. The van der Waals surface area contributed by atoms with Gasteiger partial charge in [0.25, 0.3) is 0 Å². The van der Waals surface area contributed by atoms with Gasteiger partial charge in [-0.25, -0.2) is 9.97 Å². The molecule has 1 fully saturated rings. The third-order valence-electron chi connectivity index (χ3n) is 5.23. The highest BCUT2D eigenvalue weighted by Gasteiger charge is 2.24. The minimum absolute atomic E-state index is 0.366. The van der Waals surface area contributed by atoms with Crippen LogP contribution in [0.4, 0.5) is 5.69 Å². The molecule has 0 saturated heterocycles. The molecule has 2 aromatic heterocycles. The van der Waals surface area contributed by atoms with E-state index in [2.05, 4.69) is 62.3 Å².